The number of carboxylic acids is 1. The number of hydrogen-bond donors (Lipinski definition) is 3. The Balaban J connectivity index is 4.55. The number of carboxylic acid groups (broad SMARTS) is 1. The third-order valence-electron chi connectivity index (χ3n) is 6.61. The average Bonchev–Trinajstić information content (AvgIpc) is 2.93. The highest BCUT2D eigenvalue weighted by molar-refractivity contribution is 7.47. The van der Waals surface area contributed by atoms with Gasteiger partial charge in [0.05, 0.1) is 13.2 Å². The van der Waals surface area contributed by atoms with Crippen LogP contribution in [0, 0.1) is 0 Å². The summed E-state index contributed by atoms with van der Waals surface area (Å²) in [7, 11) is -4.69. The van der Waals surface area contributed by atoms with Crippen molar-refractivity contribution in [3.63, 3.8) is 0 Å². The normalized spacial score (nSPS) is 14.2. The van der Waals surface area contributed by atoms with E-state index in [1.165, 1.54) is 57.8 Å². The molecule has 0 aliphatic carbocycles. The molecule has 0 amide bonds. The molecule has 0 fully saturated rings. The smallest absolute Gasteiger partial charge is 0.472 e. The molecule has 0 saturated carbocycles. The summed E-state index contributed by atoms with van der Waals surface area (Å²) in [6.45, 7) is 2.69. The molecular weight excluding hydrogens is 553 g/mol. The number of phosphoric ester groups is 1. The molecule has 4 N–H and O–H groups in total. The zero-order chi connectivity index (χ0) is 30.8. The van der Waals surface area contributed by atoms with Gasteiger partial charge in [-0.15, -0.1) is 0 Å². The second-order valence-corrected chi connectivity index (χ2v) is 12.1. The molecule has 0 spiro atoms. The summed E-state index contributed by atoms with van der Waals surface area (Å²) in [6, 6.07) is -1.51. The molecule has 41 heavy (non-hydrogen) atoms. The van der Waals surface area contributed by atoms with Crippen LogP contribution in [0.25, 0.3) is 0 Å². The molecule has 0 aromatic carbocycles. The molecule has 3 atom stereocenters. The maximum absolute atomic E-state index is 12.4. The molecule has 0 bridgehead atoms. The van der Waals surface area contributed by atoms with Crippen molar-refractivity contribution in [3.8, 4) is 0 Å². The second-order valence-electron chi connectivity index (χ2n) is 10.6. The first-order valence-electron chi connectivity index (χ1n) is 15.6. The summed E-state index contributed by atoms with van der Waals surface area (Å²) in [5.74, 6) is -2.38. The van der Waals surface area contributed by atoms with Crippen LogP contribution in [0.1, 0.15) is 136 Å². The number of nitrogens with two attached hydrogens (primary N) is 1. The van der Waals surface area contributed by atoms with Crippen molar-refractivity contribution in [2.24, 2.45) is 5.73 Å². The van der Waals surface area contributed by atoms with Gasteiger partial charge in [-0.3, -0.25) is 23.4 Å². The lowest BCUT2D eigenvalue weighted by atomic mass is 10.1. The lowest BCUT2D eigenvalue weighted by molar-refractivity contribution is -0.161. The summed E-state index contributed by atoms with van der Waals surface area (Å²) < 4.78 is 32.2. The first-order chi connectivity index (χ1) is 19.6. The van der Waals surface area contributed by atoms with E-state index in [0.29, 0.717) is 12.8 Å². The number of phosphoric acid groups is 1. The second kappa shape index (κ2) is 26.1. The van der Waals surface area contributed by atoms with Crippen LogP contribution in [-0.4, -0.2) is 59.9 Å². The molecule has 0 aliphatic heterocycles. The summed E-state index contributed by atoms with van der Waals surface area (Å²) in [4.78, 5) is 45.2. The number of unbranched alkanes of at least 4 members (excludes halogenated alkanes) is 15. The van der Waals surface area contributed by atoms with Crippen LogP contribution in [0.4, 0.5) is 0 Å². The number of hydrogen-bond acceptors (Lipinski definition) is 9. The molecule has 12 heteroatoms. The van der Waals surface area contributed by atoms with Gasteiger partial charge in [-0.1, -0.05) is 110 Å². The van der Waals surface area contributed by atoms with Gasteiger partial charge in [0.1, 0.15) is 12.6 Å². The van der Waals surface area contributed by atoms with Gasteiger partial charge in [-0.2, -0.15) is 0 Å². The Hall–Kier alpha value is -1.52. The minimum absolute atomic E-state index is 0.165. The zero-order valence-corrected chi connectivity index (χ0v) is 26.3. The van der Waals surface area contributed by atoms with Crippen LogP contribution in [0.2, 0.25) is 0 Å². The number of esters is 2. The highest BCUT2D eigenvalue weighted by Crippen LogP contribution is 2.43. The molecule has 11 nitrogen and oxygen atoms in total. The van der Waals surface area contributed by atoms with Crippen LogP contribution < -0.4 is 5.73 Å². The van der Waals surface area contributed by atoms with Crippen LogP contribution in [0.15, 0.2) is 0 Å². The summed E-state index contributed by atoms with van der Waals surface area (Å²) in [5.41, 5.74) is 5.28. The Morgan fingerprint density at radius 3 is 1.54 bits per heavy atom. The Kier molecular flexibility index (Phi) is 25.2. The lowest BCUT2D eigenvalue weighted by Gasteiger charge is -2.20. The zero-order valence-electron chi connectivity index (χ0n) is 25.4. The molecule has 1 unspecified atom stereocenters. The molecule has 0 aromatic rings. The van der Waals surface area contributed by atoms with Crippen molar-refractivity contribution in [1.29, 1.82) is 0 Å². The fraction of sp³-hybridized carbons (Fsp3) is 0.897. The monoisotopic (exact) mass is 609 g/mol. The van der Waals surface area contributed by atoms with E-state index < -0.39 is 51.1 Å². The van der Waals surface area contributed by atoms with Gasteiger partial charge in [-0.05, 0) is 12.8 Å². The van der Waals surface area contributed by atoms with Crippen LogP contribution in [-0.2, 0) is 37.5 Å². The quantitative estimate of drug-likeness (QED) is 0.0484. The lowest BCUT2D eigenvalue weighted by Crippen LogP contribution is -2.34. The van der Waals surface area contributed by atoms with Crippen molar-refractivity contribution >= 4 is 25.7 Å². The van der Waals surface area contributed by atoms with E-state index in [1.807, 2.05) is 0 Å². The van der Waals surface area contributed by atoms with Crippen molar-refractivity contribution in [2.45, 2.75) is 148 Å². The van der Waals surface area contributed by atoms with Gasteiger partial charge < -0.3 is 25.2 Å². The molecule has 242 valence electrons. The number of carbonyl (C=O) groups excluding carboxylic acids is 2. The Labute approximate surface area is 246 Å². The standard InChI is InChI=1S/C29H56NO10P/c1-3-5-7-9-11-13-15-16-18-20-27(31)37-22-25(23-38-41(35,36)39-24-26(30)29(33)34)40-28(32)21-19-17-14-12-10-8-6-4-2/h25-26H,3-24,30H2,1-2H3,(H,33,34)(H,35,36)/t25-,26+/m1/s1. The topological polar surface area (TPSA) is 172 Å². The third kappa shape index (κ3) is 25.9. The average molecular weight is 610 g/mol. The van der Waals surface area contributed by atoms with Crippen molar-refractivity contribution < 1.29 is 47.5 Å². The van der Waals surface area contributed by atoms with E-state index in [2.05, 4.69) is 18.4 Å². The van der Waals surface area contributed by atoms with Crippen LogP contribution >= 0.6 is 7.82 Å². The molecule has 0 aliphatic rings. The minimum Gasteiger partial charge on any atom is -0.480 e. The Morgan fingerprint density at radius 2 is 1.07 bits per heavy atom. The van der Waals surface area contributed by atoms with Crippen LogP contribution in [0.5, 0.6) is 0 Å². The van der Waals surface area contributed by atoms with Crippen LogP contribution in [0.3, 0.4) is 0 Å². The number of ether oxygens (including phenoxy) is 2. The predicted octanol–water partition coefficient (Wildman–Crippen LogP) is 6.44. The van der Waals surface area contributed by atoms with Gasteiger partial charge >= 0.3 is 25.7 Å². The first-order valence-corrected chi connectivity index (χ1v) is 17.1. The SMILES string of the molecule is CCCCCCCCCCCC(=O)OC[C@H](COP(=O)(O)OC[C@H](N)C(=O)O)OC(=O)CCCCCCCCCC. The predicted molar refractivity (Wildman–Crippen MR) is 157 cm³/mol. The number of aliphatic carboxylic acids is 1. The number of rotatable bonds is 29. The van der Waals surface area contributed by atoms with Gasteiger partial charge in [0.2, 0.25) is 0 Å². The molecule has 0 radical (unpaired) electrons. The molecular formula is C29H56NO10P. The van der Waals surface area contributed by atoms with E-state index in [4.69, 9.17) is 24.8 Å². The minimum atomic E-state index is -4.69. The van der Waals surface area contributed by atoms with Gasteiger partial charge in [0.15, 0.2) is 6.10 Å². The fourth-order valence-electron chi connectivity index (χ4n) is 4.06. The van der Waals surface area contributed by atoms with E-state index in [0.717, 1.165) is 38.5 Å². The van der Waals surface area contributed by atoms with Gasteiger partial charge in [0.25, 0.3) is 0 Å². The van der Waals surface area contributed by atoms with Gasteiger partial charge in [0, 0.05) is 12.8 Å². The third-order valence-corrected chi connectivity index (χ3v) is 7.56. The fourth-order valence-corrected chi connectivity index (χ4v) is 4.84. The van der Waals surface area contributed by atoms with Gasteiger partial charge in [-0.25, -0.2) is 4.57 Å². The summed E-state index contributed by atoms with van der Waals surface area (Å²) in [5, 5.41) is 8.79. The number of carbonyl (C=O) groups is 3. The summed E-state index contributed by atoms with van der Waals surface area (Å²) in [6.07, 6.45) is 17.8. The first kappa shape index (κ1) is 39.5. The van der Waals surface area contributed by atoms with E-state index in [1.54, 1.807) is 0 Å². The summed E-state index contributed by atoms with van der Waals surface area (Å²) >= 11 is 0. The molecule has 0 heterocycles. The maximum atomic E-state index is 12.4. The Bertz CT molecular complexity index is 736. The molecule has 0 saturated heterocycles. The van der Waals surface area contributed by atoms with E-state index in [-0.39, 0.29) is 19.4 Å². The highest BCUT2D eigenvalue weighted by atomic mass is 31.2. The van der Waals surface area contributed by atoms with E-state index >= 15 is 0 Å². The maximum Gasteiger partial charge on any atom is 0.472 e. The van der Waals surface area contributed by atoms with E-state index in [9.17, 15) is 23.8 Å². The molecule has 0 aromatic heterocycles. The van der Waals surface area contributed by atoms with Crippen molar-refractivity contribution in [2.75, 3.05) is 19.8 Å². The van der Waals surface area contributed by atoms with Crippen molar-refractivity contribution in [3.05, 3.63) is 0 Å². The Morgan fingerprint density at radius 1 is 0.659 bits per heavy atom. The highest BCUT2D eigenvalue weighted by Gasteiger charge is 2.28. The largest absolute Gasteiger partial charge is 0.480 e. The van der Waals surface area contributed by atoms with Crippen molar-refractivity contribution in [1.82, 2.24) is 0 Å². The molecule has 0 rings (SSSR count).